The van der Waals surface area contributed by atoms with Crippen molar-refractivity contribution in [2.45, 2.75) is 0 Å². The molecule has 9 nitrogen and oxygen atoms in total. The summed E-state index contributed by atoms with van der Waals surface area (Å²) < 4.78 is 8.88. The molecule has 1 aromatic carbocycles. The van der Waals surface area contributed by atoms with Gasteiger partial charge in [-0.15, -0.1) is 0 Å². The summed E-state index contributed by atoms with van der Waals surface area (Å²) in [6.07, 6.45) is 0. The van der Waals surface area contributed by atoms with Gasteiger partial charge in [0.05, 0.1) is 5.56 Å². The van der Waals surface area contributed by atoms with Crippen molar-refractivity contribution >= 4 is 13.8 Å². The topological polar surface area (TPSA) is 176 Å². The maximum Gasteiger partial charge on any atom is 0.466 e. The molecule has 0 aliphatic carbocycles. The number of phenolic OH excluding ortho intramolecular Hbond substituents is 3. The zero-order valence-electron chi connectivity index (χ0n) is 8.37. The van der Waals surface area contributed by atoms with Crippen LogP contribution >= 0.6 is 7.82 Å². The monoisotopic (exact) mass is 326 g/mol. The number of hydrogen-bond acceptors (Lipinski definition) is 5. The molecule has 0 atom stereocenters. The van der Waals surface area contributed by atoms with Crippen LogP contribution < -0.4 is 0 Å². The summed E-state index contributed by atoms with van der Waals surface area (Å²) >= 11 is 0. The Kier molecular flexibility index (Phi) is 7.62. The third kappa shape index (κ3) is 7.88. The van der Waals surface area contributed by atoms with E-state index in [1.54, 1.807) is 0 Å². The van der Waals surface area contributed by atoms with Gasteiger partial charge in [0.1, 0.15) is 0 Å². The first-order valence-electron chi connectivity index (χ1n) is 3.79. The second kappa shape index (κ2) is 7.20. The molecular formula is C7H9NiO9P. The fourth-order valence-corrected chi connectivity index (χ4v) is 0.728. The molecule has 1 aromatic rings. The van der Waals surface area contributed by atoms with Gasteiger partial charge in [-0.1, -0.05) is 0 Å². The van der Waals surface area contributed by atoms with Gasteiger partial charge in [-0.2, -0.15) is 0 Å². The van der Waals surface area contributed by atoms with Crippen LogP contribution in [0.15, 0.2) is 12.1 Å². The average Bonchev–Trinajstić information content (AvgIpc) is 2.10. The fourth-order valence-electron chi connectivity index (χ4n) is 0.728. The number of aromatic hydroxyl groups is 3. The third-order valence-electron chi connectivity index (χ3n) is 1.32. The first kappa shape index (κ1) is 19.0. The number of aromatic carboxylic acids is 1. The number of hydrogen-bond donors (Lipinski definition) is 7. The SMILES string of the molecule is O=C(O)c1cc(O)c(O)c(O)c1.O=P(O)(O)O.[Ni]. The number of carboxylic acids is 1. The van der Waals surface area contributed by atoms with Gasteiger partial charge in [0, 0.05) is 16.5 Å². The summed E-state index contributed by atoms with van der Waals surface area (Å²) in [6, 6.07) is 1.69. The van der Waals surface area contributed by atoms with E-state index >= 15 is 0 Å². The van der Waals surface area contributed by atoms with E-state index in [9.17, 15) is 4.79 Å². The van der Waals surface area contributed by atoms with Gasteiger partial charge in [-0.25, -0.2) is 9.36 Å². The first-order valence-corrected chi connectivity index (χ1v) is 5.35. The molecule has 11 heteroatoms. The molecule has 0 amide bonds. The summed E-state index contributed by atoms with van der Waals surface area (Å²) in [6.45, 7) is 0. The normalized spacial score (nSPS) is 9.72. The molecule has 7 N–H and O–H groups in total. The van der Waals surface area contributed by atoms with E-state index in [0.29, 0.717) is 0 Å². The molecule has 0 saturated carbocycles. The van der Waals surface area contributed by atoms with Crippen molar-refractivity contribution in [3.63, 3.8) is 0 Å². The van der Waals surface area contributed by atoms with E-state index in [2.05, 4.69) is 0 Å². The second-order valence-corrected chi connectivity index (χ2v) is 3.71. The van der Waals surface area contributed by atoms with Gasteiger partial charge >= 0.3 is 13.8 Å². The Morgan fingerprint density at radius 2 is 1.28 bits per heavy atom. The summed E-state index contributed by atoms with van der Waals surface area (Å²) in [4.78, 5) is 31.9. The Labute approximate surface area is 110 Å². The fraction of sp³-hybridized carbons (Fsp3) is 0. The molecule has 0 aliphatic rings. The summed E-state index contributed by atoms with van der Waals surface area (Å²) in [5, 5.41) is 35.0. The number of carboxylic acid groups (broad SMARTS) is 1. The predicted octanol–water partition coefficient (Wildman–Crippen LogP) is -0.429. The number of carbonyl (C=O) groups is 1. The maximum absolute atomic E-state index is 10.3. The van der Waals surface area contributed by atoms with Crippen LogP contribution in [0.2, 0.25) is 0 Å². The van der Waals surface area contributed by atoms with Crippen molar-refractivity contribution < 1.29 is 61.0 Å². The van der Waals surface area contributed by atoms with E-state index in [1.807, 2.05) is 0 Å². The maximum atomic E-state index is 10.3. The number of rotatable bonds is 1. The van der Waals surface area contributed by atoms with Gasteiger partial charge in [0.25, 0.3) is 0 Å². The van der Waals surface area contributed by atoms with E-state index in [1.165, 1.54) is 0 Å². The second-order valence-electron chi connectivity index (χ2n) is 2.68. The summed E-state index contributed by atoms with van der Waals surface area (Å²) in [7, 11) is -4.64. The van der Waals surface area contributed by atoms with Crippen LogP contribution in [0.5, 0.6) is 17.2 Å². The van der Waals surface area contributed by atoms with Gasteiger partial charge in [0.2, 0.25) is 0 Å². The average molecular weight is 327 g/mol. The Balaban J connectivity index is 0. The molecule has 0 spiro atoms. The van der Waals surface area contributed by atoms with Crippen molar-refractivity contribution in [2.75, 3.05) is 0 Å². The molecule has 1 rings (SSSR count). The van der Waals surface area contributed by atoms with Crippen LogP contribution in [-0.2, 0) is 21.1 Å². The van der Waals surface area contributed by atoms with Gasteiger partial charge < -0.3 is 35.1 Å². The van der Waals surface area contributed by atoms with Crippen LogP contribution in [-0.4, -0.2) is 41.1 Å². The molecule has 106 valence electrons. The minimum Gasteiger partial charge on any atom is -0.504 e. The van der Waals surface area contributed by atoms with Crippen molar-refractivity contribution in [3.05, 3.63) is 17.7 Å². The number of phenols is 3. The van der Waals surface area contributed by atoms with Crippen molar-refractivity contribution in [3.8, 4) is 17.2 Å². The van der Waals surface area contributed by atoms with Crippen LogP contribution in [0.3, 0.4) is 0 Å². The standard InChI is InChI=1S/C7H6O5.Ni.H3O4P/c8-4-1-3(7(11)12)2-5(9)6(4)10;;1-5(2,3)4/h1-2,8-10H,(H,11,12);;(H3,1,2,3,4). The predicted molar refractivity (Wildman–Crippen MR) is 52.7 cm³/mol. The molecule has 0 radical (unpaired) electrons. The summed E-state index contributed by atoms with van der Waals surface area (Å²) in [5.41, 5.74) is -0.289. The number of benzene rings is 1. The minimum absolute atomic E-state index is 0. The minimum atomic E-state index is -4.64. The van der Waals surface area contributed by atoms with Crippen LogP contribution in [0.25, 0.3) is 0 Å². The Morgan fingerprint density at radius 3 is 1.50 bits per heavy atom. The molecular weight excluding hydrogens is 318 g/mol. The molecule has 0 aromatic heterocycles. The Morgan fingerprint density at radius 1 is 1.00 bits per heavy atom. The third-order valence-corrected chi connectivity index (χ3v) is 1.32. The Hall–Kier alpha value is -1.31. The quantitative estimate of drug-likeness (QED) is 0.205. The first-order chi connectivity index (χ1) is 7.52. The van der Waals surface area contributed by atoms with Gasteiger partial charge in [-0.3, -0.25) is 0 Å². The van der Waals surface area contributed by atoms with Crippen LogP contribution in [0, 0.1) is 0 Å². The van der Waals surface area contributed by atoms with Crippen LogP contribution in [0.1, 0.15) is 10.4 Å². The molecule has 0 fully saturated rings. The van der Waals surface area contributed by atoms with Crippen LogP contribution in [0.4, 0.5) is 0 Å². The van der Waals surface area contributed by atoms with Crippen molar-refractivity contribution in [1.29, 1.82) is 0 Å². The molecule has 18 heavy (non-hydrogen) atoms. The van der Waals surface area contributed by atoms with Gasteiger partial charge in [0.15, 0.2) is 17.2 Å². The zero-order valence-corrected chi connectivity index (χ0v) is 10.2. The molecule has 0 heterocycles. The molecule has 0 aliphatic heterocycles. The van der Waals surface area contributed by atoms with E-state index < -0.39 is 31.0 Å². The van der Waals surface area contributed by atoms with E-state index in [0.717, 1.165) is 12.1 Å². The zero-order chi connectivity index (χ0) is 13.8. The molecule has 0 bridgehead atoms. The smallest absolute Gasteiger partial charge is 0.466 e. The molecule has 0 unspecified atom stereocenters. The van der Waals surface area contributed by atoms with E-state index in [4.69, 9.17) is 39.7 Å². The number of phosphoric acid groups is 1. The Bertz CT molecular complexity index is 437. The van der Waals surface area contributed by atoms with Gasteiger partial charge in [-0.05, 0) is 12.1 Å². The van der Waals surface area contributed by atoms with Crippen molar-refractivity contribution in [1.82, 2.24) is 0 Å². The van der Waals surface area contributed by atoms with Crippen molar-refractivity contribution in [2.24, 2.45) is 0 Å². The molecule has 0 saturated heterocycles. The van der Waals surface area contributed by atoms with E-state index in [-0.39, 0.29) is 22.1 Å². The summed E-state index contributed by atoms with van der Waals surface area (Å²) in [5.74, 6) is -3.33. The largest absolute Gasteiger partial charge is 0.504 e.